The van der Waals surface area contributed by atoms with Gasteiger partial charge in [-0.3, -0.25) is 0 Å². The minimum absolute atomic E-state index is 0. The minimum atomic E-state index is -7.22. The van der Waals surface area contributed by atoms with E-state index in [1.807, 2.05) is 0 Å². The quantitative estimate of drug-likeness (QED) is 0.0994. The third-order valence-corrected chi connectivity index (χ3v) is 6.71. The van der Waals surface area contributed by atoms with E-state index < -0.39 is 144 Å². The van der Waals surface area contributed by atoms with Crippen LogP contribution in [0.2, 0.25) is 0 Å². The Balaban J connectivity index is 0.00000576. The average Bonchev–Trinajstić information content (AvgIpc) is 3.00. The molecule has 0 spiro atoms. The van der Waals surface area contributed by atoms with Crippen molar-refractivity contribution in [3.63, 3.8) is 0 Å². The summed E-state index contributed by atoms with van der Waals surface area (Å²) < 4.78 is 294. The van der Waals surface area contributed by atoms with Crippen LogP contribution in [0.15, 0.2) is 0 Å². The largest absolute Gasteiger partial charge is 0.207 e. The van der Waals surface area contributed by atoms with Crippen LogP contribution >= 0.6 is 0 Å². The van der Waals surface area contributed by atoms with Crippen LogP contribution in [0.25, 0.3) is 0 Å². The summed E-state index contributed by atoms with van der Waals surface area (Å²) in [6, 6.07) is 0. The molecule has 0 saturated heterocycles. The van der Waals surface area contributed by atoms with Gasteiger partial charge < -0.3 is 0 Å². The number of hydrogen-bond acceptors (Lipinski definition) is 0. The monoisotopic (exact) mass is 695 g/mol. The van der Waals surface area contributed by atoms with Gasteiger partial charge in [0, 0.05) is 0 Å². The fourth-order valence-electron chi connectivity index (χ4n) is 4.87. The first-order valence-corrected chi connectivity index (χ1v) is 10.9. The van der Waals surface area contributed by atoms with Crippen LogP contribution in [0.3, 0.4) is 0 Å². The Labute approximate surface area is 240 Å². The SMILES string of the molecule is C.Fc1c(F)c(F)c([B-](c2c(F)c(F)c(F)c(F)c2F)(c2c(F)c(F)c(F)c(F)c2F)c2c(F)c(F)c(F)c(F)c2F)c(F)c1F. The maximum Gasteiger partial charge on any atom is 0.200 e. The van der Waals surface area contributed by atoms with E-state index in [4.69, 9.17) is 0 Å². The summed E-state index contributed by atoms with van der Waals surface area (Å²) in [4.78, 5) is 0. The fourth-order valence-corrected chi connectivity index (χ4v) is 4.87. The van der Waals surface area contributed by atoms with Crippen LogP contribution in [0, 0.1) is 116 Å². The predicted octanol–water partition coefficient (Wildman–Crippen LogP) is 6.48. The Bertz CT molecular complexity index is 1570. The van der Waals surface area contributed by atoms with Gasteiger partial charge in [-0.15, -0.1) is 21.9 Å². The van der Waals surface area contributed by atoms with Gasteiger partial charge >= 0.3 is 0 Å². The summed E-state index contributed by atoms with van der Waals surface area (Å²) in [6.07, 6.45) is -7.22. The number of hydrogen-bond donors (Lipinski definition) is 0. The summed E-state index contributed by atoms with van der Waals surface area (Å²) in [5.41, 5.74) is -14.3. The third-order valence-electron chi connectivity index (χ3n) is 6.71. The summed E-state index contributed by atoms with van der Waals surface area (Å²) in [7, 11) is 0. The lowest BCUT2D eigenvalue weighted by Crippen LogP contribution is -2.81. The van der Waals surface area contributed by atoms with Gasteiger partial charge in [0.1, 0.15) is 52.7 Å². The van der Waals surface area contributed by atoms with Crippen molar-refractivity contribution >= 4 is 28.0 Å². The number of halogens is 20. The second-order valence-electron chi connectivity index (χ2n) is 8.80. The molecule has 0 aliphatic heterocycles. The van der Waals surface area contributed by atoms with Crippen molar-refractivity contribution in [3.8, 4) is 0 Å². The molecule has 0 N–H and O–H groups in total. The van der Waals surface area contributed by atoms with Crippen molar-refractivity contribution in [2.45, 2.75) is 7.43 Å². The zero-order valence-corrected chi connectivity index (χ0v) is 20.1. The highest BCUT2D eigenvalue weighted by molar-refractivity contribution is 7.20. The second kappa shape index (κ2) is 11.7. The summed E-state index contributed by atoms with van der Waals surface area (Å²) in [5.74, 6) is -71.4. The highest BCUT2D eigenvalue weighted by Gasteiger charge is 2.52. The lowest BCUT2D eigenvalue weighted by Gasteiger charge is -2.44. The summed E-state index contributed by atoms with van der Waals surface area (Å²) in [6.45, 7) is 0. The summed E-state index contributed by atoms with van der Waals surface area (Å²) in [5, 5.41) is 0. The van der Waals surface area contributed by atoms with Crippen LogP contribution in [0.4, 0.5) is 87.8 Å². The van der Waals surface area contributed by atoms with E-state index in [1.54, 1.807) is 0 Å². The fraction of sp³-hybridized carbons (Fsp3) is 0.0400. The van der Waals surface area contributed by atoms with Crippen LogP contribution in [-0.4, -0.2) is 6.15 Å². The molecule has 0 atom stereocenters. The molecule has 4 aromatic rings. The normalized spacial score (nSPS) is 11.7. The second-order valence-corrected chi connectivity index (χ2v) is 8.80. The maximum atomic E-state index is 15.4. The predicted molar refractivity (Wildman–Crippen MR) is 116 cm³/mol. The Morgan fingerprint density at radius 3 is 0.370 bits per heavy atom. The molecule has 0 fully saturated rings. The molecular weight excluding hydrogens is 691 g/mol. The molecule has 0 aromatic heterocycles. The van der Waals surface area contributed by atoms with Crippen LogP contribution in [0.1, 0.15) is 7.43 Å². The third kappa shape index (κ3) is 4.40. The summed E-state index contributed by atoms with van der Waals surface area (Å²) >= 11 is 0. The Morgan fingerprint density at radius 1 is 0.174 bits per heavy atom. The zero-order valence-electron chi connectivity index (χ0n) is 20.1. The Kier molecular flexibility index (Phi) is 9.18. The molecular formula is C25H4BF20-. The molecule has 4 rings (SSSR count). The number of benzene rings is 4. The van der Waals surface area contributed by atoms with Gasteiger partial charge in [-0.2, -0.15) is 0 Å². The molecule has 0 saturated carbocycles. The Morgan fingerprint density at radius 2 is 0.261 bits per heavy atom. The molecule has 0 radical (unpaired) electrons. The molecule has 0 nitrogen and oxygen atoms in total. The van der Waals surface area contributed by atoms with Gasteiger partial charge in [-0.25, -0.2) is 87.8 Å². The molecule has 0 aliphatic rings. The first-order chi connectivity index (χ1) is 20.7. The van der Waals surface area contributed by atoms with Crippen LogP contribution in [0.5, 0.6) is 0 Å². The van der Waals surface area contributed by atoms with Crippen molar-refractivity contribution in [2.75, 3.05) is 0 Å². The molecule has 0 heterocycles. The van der Waals surface area contributed by atoms with E-state index in [-0.39, 0.29) is 7.43 Å². The first kappa shape index (κ1) is 36.0. The van der Waals surface area contributed by atoms with Gasteiger partial charge in [0.25, 0.3) is 0 Å². The van der Waals surface area contributed by atoms with Gasteiger partial charge in [0.15, 0.2) is 69.8 Å². The van der Waals surface area contributed by atoms with Crippen molar-refractivity contribution in [1.82, 2.24) is 0 Å². The van der Waals surface area contributed by atoms with E-state index in [2.05, 4.69) is 0 Å². The number of rotatable bonds is 4. The topological polar surface area (TPSA) is 0 Å². The smallest absolute Gasteiger partial charge is 0.200 e. The maximum absolute atomic E-state index is 15.4. The molecule has 0 aliphatic carbocycles. The Hall–Kier alpha value is -4.46. The van der Waals surface area contributed by atoms with Crippen molar-refractivity contribution < 1.29 is 87.8 Å². The first-order valence-electron chi connectivity index (χ1n) is 10.9. The molecule has 0 bridgehead atoms. The van der Waals surface area contributed by atoms with Crippen molar-refractivity contribution in [1.29, 1.82) is 0 Å². The van der Waals surface area contributed by atoms with Gasteiger partial charge in [-0.05, 0) is 0 Å². The van der Waals surface area contributed by atoms with Crippen LogP contribution in [-0.2, 0) is 0 Å². The van der Waals surface area contributed by atoms with Crippen molar-refractivity contribution in [2.24, 2.45) is 0 Å². The average molecular weight is 695 g/mol. The van der Waals surface area contributed by atoms with E-state index in [1.165, 1.54) is 0 Å². The van der Waals surface area contributed by atoms with Crippen LogP contribution < -0.4 is 21.9 Å². The molecule has 46 heavy (non-hydrogen) atoms. The van der Waals surface area contributed by atoms with E-state index in [9.17, 15) is 52.7 Å². The zero-order chi connectivity index (χ0) is 34.4. The lowest BCUT2D eigenvalue weighted by molar-refractivity contribution is 0.378. The van der Waals surface area contributed by atoms with Gasteiger partial charge in [0.05, 0.1) is 0 Å². The highest BCUT2D eigenvalue weighted by Crippen LogP contribution is 2.30. The lowest BCUT2D eigenvalue weighted by atomic mass is 9.12. The van der Waals surface area contributed by atoms with Crippen molar-refractivity contribution in [3.05, 3.63) is 116 Å². The van der Waals surface area contributed by atoms with E-state index in [0.717, 1.165) is 0 Å². The van der Waals surface area contributed by atoms with Gasteiger partial charge in [0.2, 0.25) is 0 Å². The molecule has 248 valence electrons. The molecule has 21 heteroatoms. The molecule has 0 amide bonds. The molecule has 4 aromatic carbocycles. The van der Waals surface area contributed by atoms with Gasteiger partial charge in [-0.1, -0.05) is 7.43 Å². The molecule has 0 unspecified atom stereocenters. The van der Waals surface area contributed by atoms with E-state index in [0.29, 0.717) is 0 Å². The standard InChI is InChI=1S/C24BF20.CH4/c26-5-1(6(27)14(35)21(42)13(5)34)25(2-7(28)15(36)22(43)16(37)8(2)29,3-9(30)17(38)23(44)18(39)10(3)31)4-11(32)19(40)24(45)20(41)12(4)33;/h;1H4/q-1;. The highest BCUT2D eigenvalue weighted by atomic mass is 19.2. The minimum Gasteiger partial charge on any atom is -0.207 e. The van der Waals surface area contributed by atoms with E-state index >= 15 is 35.1 Å².